The van der Waals surface area contributed by atoms with Crippen LogP contribution in [0.4, 0.5) is 0 Å². The summed E-state index contributed by atoms with van der Waals surface area (Å²) >= 11 is 1.59. The number of ether oxygens (including phenoxy) is 3. The van der Waals surface area contributed by atoms with Crippen molar-refractivity contribution in [2.75, 3.05) is 26.6 Å². The van der Waals surface area contributed by atoms with E-state index in [4.69, 9.17) is 14.2 Å². The summed E-state index contributed by atoms with van der Waals surface area (Å²) in [5.74, 6) is 2.25. The topological polar surface area (TPSA) is 71.3 Å². The van der Waals surface area contributed by atoms with Crippen LogP contribution in [0.3, 0.4) is 0 Å². The number of benzene rings is 1. The zero-order valence-electron chi connectivity index (χ0n) is 13.3. The molecule has 0 unspecified atom stereocenters. The highest BCUT2D eigenvalue weighted by Crippen LogP contribution is 2.30. The smallest absolute Gasteiger partial charge is 0.214 e. The predicted molar refractivity (Wildman–Crippen MR) is 86.6 cm³/mol. The van der Waals surface area contributed by atoms with Crippen LogP contribution in [-0.4, -0.2) is 52.9 Å². The van der Waals surface area contributed by atoms with Crippen molar-refractivity contribution in [3.05, 3.63) is 18.2 Å². The van der Waals surface area contributed by atoms with Gasteiger partial charge in [0, 0.05) is 18.4 Å². The van der Waals surface area contributed by atoms with Gasteiger partial charge in [-0.25, -0.2) is 0 Å². The van der Waals surface area contributed by atoms with Crippen LogP contribution >= 0.6 is 11.8 Å². The fourth-order valence-corrected chi connectivity index (χ4v) is 3.44. The highest BCUT2D eigenvalue weighted by atomic mass is 32.2. The molecule has 1 aromatic heterocycles. The Morgan fingerprint density at radius 3 is 2.96 bits per heavy atom. The minimum absolute atomic E-state index is 0.270. The summed E-state index contributed by atoms with van der Waals surface area (Å²) in [6.45, 7) is 0.847. The molecule has 0 amide bonds. The fourth-order valence-electron chi connectivity index (χ4n) is 2.49. The molecule has 0 saturated carbocycles. The van der Waals surface area contributed by atoms with Crippen LogP contribution in [0.2, 0.25) is 0 Å². The molecule has 0 radical (unpaired) electrons. The van der Waals surface area contributed by atoms with Gasteiger partial charge in [-0.15, -0.1) is 5.10 Å². The third kappa shape index (κ3) is 3.76. The highest BCUT2D eigenvalue weighted by Gasteiger charge is 2.18. The van der Waals surface area contributed by atoms with Gasteiger partial charge in [0.15, 0.2) is 0 Å². The lowest BCUT2D eigenvalue weighted by atomic mass is 10.1. The second-order valence-corrected chi connectivity index (χ2v) is 6.20. The molecule has 1 fully saturated rings. The van der Waals surface area contributed by atoms with E-state index in [2.05, 4.69) is 15.5 Å². The van der Waals surface area contributed by atoms with Gasteiger partial charge in [-0.1, -0.05) is 11.8 Å². The summed E-state index contributed by atoms with van der Waals surface area (Å²) in [7, 11) is 3.25. The molecule has 1 atom stereocenters. The number of hydrogen-bond donors (Lipinski definition) is 0. The van der Waals surface area contributed by atoms with Gasteiger partial charge in [0.2, 0.25) is 5.16 Å². The lowest BCUT2D eigenvalue weighted by Gasteiger charge is -2.21. The van der Waals surface area contributed by atoms with Crippen LogP contribution in [0.25, 0.3) is 5.69 Å². The van der Waals surface area contributed by atoms with Crippen LogP contribution < -0.4 is 9.47 Å². The highest BCUT2D eigenvalue weighted by molar-refractivity contribution is 7.99. The molecule has 7 nitrogen and oxygen atoms in total. The number of thioether (sulfide) groups is 1. The Labute approximate surface area is 139 Å². The summed E-state index contributed by atoms with van der Waals surface area (Å²) in [6, 6.07) is 5.54. The van der Waals surface area contributed by atoms with E-state index in [0.29, 0.717) is 10.9 Å². The number of methoxy groups -OCH3 is 2. The summed E-state index contributed by atoms with van der Waals surface area (Å²) in [5.41, 5.74) is 0.754. The van der Waals surface area contributed by atoms with E-state index in [1.165, 1.54) is 6.42 Å². The fraction of sp³-hybridized carbons (Fsp3) is 0.533. The molecular weight excluding hydrogens is 316 g/mol. The quantitative estimate of drug-likeness (QED) is 0.750. The molecule has 3 rings (SSSR count). The van der Waals surface area contributed by atoms with Crippen LogP contribution in [0.1, 0.15) is 19.3 Å². The van der Waals surface area contributed by atoms with Crippen molar-refractivity contribution in [2.24, 2.45) is 0 Å². The molecule has 0 N–H and O–H groups in total. The number of tetrazole rings is 1. The molecule has 2 heterocycles. The van der Waals surface area contributed by atoms with E-state index < -0.39 is 0 Å². The molecule has 2 aromatic rings. The van der Waals surface area contributed by atoms with Gasteiger partial charge in [0.05, 0.1) is 20.3 Å². The molecular formula is C15H20N4O3S. The lowest BCUT2D eigenvalue weighted by Crippen LogP contribution is -2.21. The maximum Gasteiger partial charge on any atom is 0.214 e. The second kappa shape index (κ2) is 7.65. The predicted octanol–water partition coefficient (Wildman–Crippen LogP) is 2.34. The van der Waals surface area contributed by atoms with Crippen molar-refractivity contribution in [1.82, 2.24) is 20.2 Å². The molecule has 1 aromatic carbocycles. The Bertz CT molecular complexity index is 643. The maximum atomic E-state index is 5.76. The first kappa shape index (κ1) is 16.1. The molecule has 1 saturated heterocycles. The van der Waals surface area contributed by atoms with Crippen LogP contribution in [0.15, 0.2) is 23.4 Å². The van der Waals surface area contributed by atoms with Crippen molar-refractivity contribution in [3.63, 3.8) is 0 Å². The van der Waals surface area contributed by atoms with Crippen molar-refractivity contribution >= 4 is 11.8 Å². The Hall–Kier alpha value is -1.80. The Morgan fingerprint density at radius 2 is 2.22 bits per heavy atom. The van der Waals surface area contributed by atoms with E-state index in [-0.39, 0.29) is 6.10 Å². The van der Waals surface area contributed by atoms with Gasteiger partial charge in [-0.3, -0.25) is 0 Å². The third-order valence-corrected chi connectivity index (χ3v) is 4.78. The van der Waals surface area contributed by atoms with E-state index in [1.807, 2.05) is 18.2 Å². The van der Waals surface area contributed by atoms with Crippen LogP contribution in [0.5, 0.6) is 11.5 Å². The van der Waals surface area contributed by atoms with Crippen molar-refractivity contribution in [2.45, 2.75) is 30.5 Å². The summed E-state index contributed by atoms with van der Waals surface area (Å²) in [5, 5.41) is 12.7. The molecule has 1 aliphatic rings. The monoisotopic (exact) mass is 336 g/mol. The zero-order chi connectivity index (χ0) is 16.1. The third-order valence-electron chi connectivity index (χ3n) is 3.73. The van der Waals surface area contributed by atoms with E-state index >= 15 is 0 Å². The van der Waals surface area contributed by atoms with E-state index in [1.54, 1.807) is 30.7 Å². The standard InChI is InChI=1S/C15H20N4O3S/c1-20-11-6-7-14(21-2)13(9-11)19-15(16-17-18-19)23-10-12-5-3-4-8-22-12/h6-7,9,12H,3-5,8,10H2,1-2H3/t12-/m0/s1. The minimum atomic E-state index is 0.270. The van der Waals surface area contributed by atoms with Crippen LogP contribution in [-0.2, 0) is 4.74 Å². The second-order valence-electron chi connectivity index (χ2n) is 5.21. The molecule has 0 aliphatic carbocycles. The maximum absolute atomic E-state index is 5.76. The molecule has 23 heavy (non-hydrogen) atoms. The summed E-state index contributed by atoms with van der Waals surface area (Å²) < 4.78 is 18.1. The average Bonchev–Trinajstić information content (AvgIpc) is 3.08. The molecule has 0 spiro atoms. The van der Waals surface area contributed by atoms with Gasteiger partial charge in [0.1, 0.15) is 17.2 Å². The van der Waals surface area contributed by atoms with Crippen molar-refractivity contribution in [1.29, 1.82) is 0 Å². The average molecular weight is 336 g/mol. The zero-order valence-corrected chi connectivity index (χ0v) is 14.1. The Balaban J connectivity index is 1.79. The number of aromatic nitrogens is 4. The first-order chi connectivity index (χ1) is 11.3. The first-order valence-electron chi connectivity index (χ1n) is 7.57. The normalized spacial score (nSPS) is 17.9. The molecule has 8 heteroatoms. The first-order valence-corrected chi connectivity index (χ1v) is 8.55. The summed E-state index contributed by atoms with van der Waals surface area (Å²) in [4.78, 5) is 0. The SMILES string of the molecule is COc1ccc(OC)c(-n2nnnc2SC[C@@H]2CCCCO2)c1. The molecule has 1 aliphatic heterocycles. The van der Waals surface area contributed by atoms with E-state index in [0.717, 1.165) is 36.6 Å². The van der Waals surface area contributed by atoms with Crippen molar-refractivity contribution < 1.29 is 14.2 Å². The Kier molecular flexibility index (Phi) is 5.35. The van der Waals surface area contributed by atoms with Crippen LogP contribution in [0, 0.1) is 0 Å². The van der Waals surface area contributed by atoms with Gasteiger partial charge in [-0.2, -0.15) is 4.68 Å². The van der Waals surface area contributed by atoms with Gasteiger partial charge in [-0.05, 0) is 41.8 Å². The molecule has 0 bridgehead atoms. The van der Waals surface area contributed by atoms with Gasteiger partial charge >= 0.3 is 0 Å². The van der Waals surface area contributed by atoms with Gasteiger partial charge < -0.3 is 14.2 Å². The number of hydrogen-bond acceptors (Lipinski definition) is 7. The minimum Gasteiger partial charge on any atom is -0.497 e. The summed E-state index contributed by atoms with van der Waals surface area (Å²) in [6.07, 6.45) is 3.74. The van der Waals surface area contributed by atoms with Gasteiger partial charge in [0.25, 0.3) is 0 Å². The lowest BCUT2D eigenvalue weighted by molar-refractivity contribution is 0.0315. The number of rotatable bonds is 6. The van der Waals surface area contributed by atoms with E-state index in [9.17, 15) is 0 Å². The Morgan fingerprint density at radius 1 is 1.30 bits per heavy atom. The number of nitrogens with zero attached hydrogens (tertiary/aromatic N) is 4. The van der Waals surface area contributed by atoms with Crippen molar-refractivity contribution in [3.8, 4) is 17.2 Å². The molecule has 124 valence electrons. The largest absolute Gasteiger partial charge is 0.497 e.